The Labute approximate surface area is 190 Å². The van der Waals surface area contributed by atoms with Crippen molar-refractivity contribution < 1.29 is 30.1 Å². The van der Waals surface area contributed by atoms with Gasteiger partial charge in [-0.3, -0.25) is 0 Å². The average Bonchev–Trinajstić information content (AvgIpc) is 3.12. The molecule has 3 heterocycles. The van der Waals surface area contributed by atoms with Crippen molar-refractivity contribution in [1.29, 1.82) is 0 Å². The Balaban J connectivity index is 0.00000272. The van der Waals surface area contributed by atoms with E-state index in [0.717, 1.165) is 29.0 Å². The molecule has 0 spiro atoms. The first-order valence-electron chi connectivity index (χ1n) is 8.97. The summed E-state index contributed by atoms with van der Waals surface area (Å²) in [5.41, 5.74) is 3.19. The van der Waals surface area contributed by atoms with E-state index >= 15 is 0 Å². The second-order valence-corrected chi connectivity index (χ2v) is 8.95. The lowest BCUT2D eigenvalue weighted by atomic mass is 10.2. The normalized spacial score (nSPS) is 11.5. The van der Waals surface area contributed by atoms with Crippen molar-refractivity contribution in [2.45, 2.75) is 30.9 Å². The van der Waals surface area contributed by atoms with Gasteiger partial charge in [-0.25, -0.2) is 19.5 Å². The van der Waals surface area contributed by atoms with Crippen LogP contribution in [0.15, 0.2) is 54.1 Å². The van der Waals surface area contributed by atoms with Gasteiger partial charge in [-0.2, -0.15) is 13.2 Å². The zero-order chi connectivity index (χ0) is 21.3. The van der Waals surface area contributed by atoms with E-state index in [0.29, 0.717) is 22.4 Å². The number of pyridine rings is 1. The van der Waals surface area contributed by atoms with Crippen LogP contribution in [-0.2, 0) is 11.9 Å². The summed E-state index contributed by atoms with van der Waals surface area (Å²) in [5, 5.41) is 0.669. The highest BCUT2D eigenvalue weighted by Gasteiger charge is 2.32. The van der Waals surface area contributed by atoms with Gasteiger partial charge in [0.15, 0.2) is 10.7 Å². The van der Waals surface area contributed by atoms with Gasteiger partial charge in [0.25, 0.3) is 0 Å². The van der Waals surface area contributed by atoms with Crippen LogP contribution in [0.2, 0.25) is 0 Å². The van der Waals surface area contributed by atoms with Crippen LogP contribution in [0.25, 0.3) is 17.0 Å². The molecule has 4 aromatic rings. The van der Waals surface area contributed by atoms with Gasteiger partial charge in [-0.1, -0.05) is 21.8 Å². The lowest BCUT2D eigenvalue weighted by molar-refractivity contribution is -0.611. The van der Waals surface area contributed by atoms with E-state index in [1.807, 2.05) is 24.6 Å². The number of aryl methyl sites for hydroxylation is 2. The molecule has 0 saturated carbocycles. The Morgan fingerprint density at radius 1 is 1.10 bits per heavy atom. The summed E-state index contributed by atoms with van der Waals surface area (Å²) in [4.78, 5) is 16.0. The minimum atomic E-state index is -4.40. The molecule has 0 aliphatic heterocycles. The topological polar surface area (TPSA) is 58.3 Å². The Morgan fingerprint density at radius 3 is 2.55 bits per heavy atom. The van der Waals surface area contributed by atoms with Gasteiger partial charge in [0, 0.05) is 12.4 Å². The number of rotatable bonds is 5. The van der Waals surface area contributed by atoms with E-state index in [4.69, 9.17) is 0 Å². The summed E-state index contributed by atoms with van der Waals surface area (Å²) in [5.74, 6) is 1.12. The van der Waals surface area contributed by atoms with E-state index in [9.17, 15) is 13.2 Å². The van der Waals surface area contributed by atoms with Crippen LogP contribution in [0.1, 0.15) is 22.4 Å². The zero-order valence-electron chi connectivity index (χ0n) is 16.4. The molecule has 0 amide bonds. The predicted molar refractivity (Wildman–Crippen MR) is 111 cm³/mol. The SMILES string of the molecule is Cc1cc(C)c(CSSc2ncccn2)[n+](-c2nc3cc(C(F)(F)F)ccc3[nH]2)c1.[Cl-]. The number of alkyl halides is 3. The number of aromatic amines is 1. The molecule has 0 aliphatic carbocycles. The molecule has 0 fully saturated rings. The molecule has 11 heteroatoms. The third-order valence-corrected chi connectivity index (χ3v) is 6.44. The van der Waals surface area contributed by atoms with E-state index in [2.05, 4.69) is 26.0 Å². The molecular weight excluding hydrogens is 467 g/mol. The third-order valence-electron chi connectivity index (χ3n) is 4.42. The number of H-pyrrole nitrogens is 1. The highest BCUT2D eigenvalue weighted by Crippen LogP contribution is 2.32. The first kappa shape index (κ1) is 23.4. The molecule has 1 N–H and O–H groups in total. The molecule has 0 bridgehead atoms. The summed E-state index contributed by atoms with van der Waals surface area (Å²) >= 11 is 0. The molecule has 31 heavy (non-hydrogen) atoms. The van der Waals surface area contributed by atoms with Crippen molar-refractivity contribution in [3.63, 3.8) is 0 Å². The molecule has 0 saturated heterocycles. The number of nitrogens with zero attached hydrogens (tertiary/aromatic N) is 4. The van der Waals surface area contributed by atoms with Gasteiger partial charge in [0.05, 0.1) is 23.2 Å². The highest BCUT2D eigenvalue weighted by molar-refractivity contribution is 8.76. The van der Waals surface area contributed by atoms with E-state index in [-0.39, 0.29) is 17.9 Å². The summed E-state index contributed by atoms with van der Waals surface area (Å²) in [7, 11) is 3.05. The summed E-state index contributed by atoms with van der Waals surface area (Å²) < 4.78 is 41.0. The number of hydrogen-bond donors (Lipinski definition) is 1. The molecule has 4 rings (SSSR count). The van der Waals surface area contributed by atoms with Gasteiger partial charge in [0.1, 0.15) is 5.52 Å². The number of hydrogen-bond acceptors (Lipinski definition) is 5. The highest BCUT2D eigenvalue weighted by atomic mass is 35.5. The second kappa shape index (κ2) is 9.46. The van der Waals surface area contributed by atoms with Crippen molar-refractivity contribution >= 4 is 32.6 Å². The van der Waals surface area contributed by atoms with Crippen molar-refractivity contribution in [2.75, 3.05) is 0 Å². The summed E-state index contributed by atoms with van der Waals surface area (Å²) in [6, 6.07) is 7.37. The maximum atomic E-state index is 13.0. The Bertz CT molecular complexity index is 1200. The fourth-order valence-corrected chi connectivity index (χ4v) is 4.99. The molecule has 0 aliphatic rings. The van der Waals surface area contributed by atoms with Gasteiger partial charge in [0.2, 0.25) is 0 Å². The lowest BCUT2D eigenvalue weighted by Gasteiger charge is -2.09. The number of nitrogens with one attached hydrogen (secondary N) is 1. The number of halogens is 4. The Kier molecular flexibility index (Phi) is 7.13. The van der Waals surface area contributed by atoms with E-state index in [1.165, 1.54) is 16.9 Å². The molecular formula is C20H17ClF3N5S2. The number of fused-ring (bicyclic) bond motifs is 1. The largest absolute Gasteiger partial charge is 1.00 e. The fraction of sp³-hybridized carbons (Fsp3) is 0.200. The monoisotopic (exact) mass is 483 g/mol. The lowest BCUT2D eigenvalue weighted by Crippen LogP contribution is -3.00. The first-order valence-corrected chi connectivity index (χ1v) is 11.3. The van der Waals surface area contributed by atoms with Crippen molar-refractivity contribution in [2.24, 2.45) is 0 Å². The number of benzene rings is 1. The molecule has 0 unspecified atom stereocenters. The van der Waals surface area contributed by atoms with Crippen LogP contribution in [0.5, 0.6) is 0 Å². The van der Waals surface area contributed by atoms with Gasteiger partial charge in [-0.15, -0.1) is 0 Å². The predicted octanol–water partition coefficient (Wildman–Crippen LogP) is 2.21. The minimum Gasteiger partial charge on any atom is -1.00 e. The average molecular weight is 484 g/mol. The maximum Gasteiger partial charge on any atom is 0.416 e. The van der Waals surface area contributed by atoms with Gasteiger partial charge < -0.3 is 12.4 Å². The first-order chi connectivity index (χ1) is 14.3. The van der Waals surface area contributed by atoms with Crippen LogP contribution in [0.4, 0.5) is 13.2 Å². The van der Waals surface area contributed by atoms with Gasteiger partial charge in [-0.05, 0) is 60.0 Å². The smallest absolute Gasteiger partial charge is 0.416 e. The third kappa shape index (κ3) is 5.31. The van der Waals surface area contributed by atoms with Crippen LogP contribution in [0.3, 0.4) is 0 Å². The maximum absolute atomic E-state index is 13.0. The second-order valence-electron chi connectivity index (χ2n) is 6.68. The summed E-state index contributed by atoms with van der Waals surface area (Å²) in [6.07, 6.45) is 0.904. The van der Waals surface area contributed by atoms with Crippen molar-refractivity contribution in [3.05, 3.63) is 71.3 Å². The molecule has 0 radical (unpaired) electrons. The number of imidazole rings is 1. The molecule has 3 aromatic heterocycles. The molecule has 1 aromatic carbocycles. The van der Waals surface area contributed by atoms with Crippen LogP contribution in [0, 0.1) is 13.8 Å². The van der Waals surface area contributed by atoms with Crippen LogP contribution in [-0.4, -0.2) is 19.9 Å². The standard InChI is InChI=1S/C20H17F3N5S2.ClH/c1-12-8-13(2)17(11-29-30-19-24-6-3-7-25-19)28(10-12)18-26-15-5-4-14(20(21,22)23)9-16(15)27-18;/h3-10H,11H2,1-2H3,(H,26,27);1H/q+1;/p-1. The minimum absolute atomic E-state index is 0. The van der Waals surface area contributed by atoms with E-state index in [1.54, 1.807) is 29.3 Å². The molecule has 5 nitrogen and oxygen atoms in total. The summed E-state index contributed by atoms with van der Waals surface area (Å²) in [6.45, 7) is 3.98. The zero-order valence-corrected chi connectivity index (χ0v) is 18.8. The molecule has 162 valence electrons. The van der Waals surface area contributed by atoms with Crippen molar-refractivity contribution in [3.8, 4) is 5.95 Å². The Morgan fingerprint density at radius 2 is 1.84 bits per heavy atom. The molecule has 0 atom stereocenters. The number of aromatic nitrogens is 5. The van der Waals surface area contributed by atoms with Gasteiger partial charge >= 0.3 is 12.1 Å². The van der Waals surface area contributed by atoms with Crippen LogP contribution < -0.4 is 17.0 Å². The van der Waals surface area contributed by atoms with E-state index < -0.39 is 11.7 Å². The van der Waals surface area contributed by atoms with Crippen molar-refractivity contribution in [1.82, 2.24) is 19.9 Å². The fourth-order valence-electron chi connectivity index (χ4n) is 3.06. The Hall–Kier alpha value is -2.30. The van der Waals surface area contributed by atoms with Crippen LogP contribution >= 0.6 is 21.6 Å². The quantitative estimate of drug-likeness (QED) is 0.268.